The summed E-state index contributed by atoms with van der Waals surface area (Å²) in [5.74, 6) is 0.861. The number of rotatable bonds is 1. The van der Waals surface area contributed by atoms with E-state index in [1.54, 1.807) is 13.2 Å². The molecule has 2 nitrogen and oxygen atoms in total. The summed E-state index contributed by atoms with van der Waals surface area (Å²) >= 11 is 0. The van der Waals surface area contributed by atoms with E-state index in [0.29, 0.717) is 0 Å². The fraction of sp³-hybridized carbons (Fsp3) is 0.308. The SMILES string of the molecule is COc1ccc2c(c1)C(=CC#N)CCC2. The van der Waals surface area contributed by atoms with Gasteiger partial charge in [-0.2, -0.15) is 5.26 Å². The van der Waals surface area contributed by atoms with Crippen molar-refractivity contribution in [3.05, 3.63) is 35.4 Å². The Bertz CT molecular complexity index is 440. The molecule has 0 radical (unpaired) electrons. The van der Waals surface area contributed by atoms with Crippen molar-refractivity contribution in [2.24, 2.45) is 0 Å². The molecule has 2 rings (SSSR count). The highest BCUT2D eigenvalue weighted by Gasteiger charge is 2.14. The first kappa shape index (κ1) is 9.79. The van der Waals surface area contributed by atoms with Crippen LogP contribution in [0.15, 0.2) is 24.3 Å². The van der Waals surface area contributed by atoms with Gasteiger partial charge in [-0.1, -0.05) is 6.07 Å². The summed E-state index contributed by atoms with van der Waals surface area (Å²) in [5.41, 5.74) is 3.64. The molecule has 0 N–H and O–H groups in total. The van der Waals surface area contributed by atoms with E-state index in [2.05, 4.69) is 12.1 Å². The molecular formula is C13H13NO. The fourth-order valence-electron chi connectivity index (χ4n) is 2.03. The predicted molar refractivity (Wildman–Crippen MR) is 59.5 cm³/mol. The lowest BCUT2D eigenvalue weighted by Gasteiger charge is -2.18. The smallest absolute Gasteiger partial charge is 0.119 e. The summed E-state index contributed by atoms with van der Waals surface area (Å²) in [6, 6.07) is 8.21. The standard InChI is InChI=1S/C13H13NO/c1-15-12-6-5-10-3-2-4-11(7-8-14)13(10)9-12/h5-7,9H,2-4H2,1H3. The molecule has 0 heterocycles. The minimum Gasteiger partial charge on any atom is -0.497 e. The first-order valence-corrected chi connectivity index (χ1v) is 5.11. The van der Waals surface area contributed by atoms with Crippen molar-refractivity contribution in [3.8, 4) is 11.8 Å². The molecule has 0 unspecified atom stereocenters. The van der Waals surface area contributed by atoms with Crippen molar-refractivity contribution in [2.75, 3.05) is 7.11 Å². The Balaban J connectivity index is 2.49. The maximum Gasteiger partial charge on any atom is 0.119 e. The highest BCUT2D eigenvalue weighted by molar-refractivity contribution is 5.72. The van der Waals surface area contributed by atoms with E-state index < -0.39 is 0 Å². The number of hydrogen-bond acceptors (Lipinski definition) is 2. The molecule has 0 bridgehead atoms. The summed E-state index contributed by atoms with van der Waals surface area (Å²) in [6.45, 7) is 0. The molecule has 1 aliphatic carbocycles. The summed E-state index contributed by atoms with van der Waals surface area (Å²) < 4.78 is 5.20. The first-order valence-electron chi connectivity index (χ1n) is 5.11. The normalized spacial score (nSPS) is 16.9. The Morgan fingerprint density at radius 2 is 2.27 bits per heavy atom. The summed E-state index contributed by atoms with van der Waals surface area (Å²) in [7, 11) is 1.66. The molecule has 2 heteroatoms. The van der Waals surface area contributed by atoms with E-state index in [4.69, 9.17) is 10.00 Å². The third-order valence-corrected chi connectivity index (χ3v) is 2.79. The molecule has 0 aromatic heterocycles. The topological polar surface area (TPSA) is 33.0 Å². The van der Waals surface area contributed by atoms with Crippen LogP contribution in [0.4, 0.5) is 0 Å². The van der Waals surface area contributed by atoms with Gasteiger partial charge in [0.15, 0.2) is 0 Å². The van der Waals surface area contributed by atoms with Crippen molar-refractivity contribution < 1.29 is 4.74 Å². The molecule has 76 valence electrons. The van der Waals surface area contributed by atoms with E-state index >= 15 is 0 Å². The van der Waals surface area contributed by atoms with E-state index in [9.17, 15) is 0 Å². The Labute approximate surface area is 89.8 Å². The van der Waals surface area contributed by atoms with Gasteiger partial charge in [-0.3, -0.25) is 0 Å². The second-order valence-corrected chi connectivity index (χ2v) is 3.68. The van der Waals surface area contributed by atoms with E-state index in [0.717, 1.165) is 30.6 Å². The third kappa shape index (κ3) is 1.87. The molecule has 0 fully saturated rings. The Morgan fingerprint density at radius 1 is 1.40 bits per heavy atom. The Hall–Kier alpha value is -1.75. The van der Waals surface area contributed by atoms with Crippen LogP contribution in [0.1, 0.15) is 24.0 Å². The van der Waals surface area contributed by atoms with Gasteiger partial charge in [0, 0.05) is 6.08 Å². The number of aryl methyl sites for hydroxylation is 1. The van der Waals surface area contributed by atoms with Crippen LogP contribution in [-0.2, 0) is 6.42 Å². The highest BCUT2D eigenvalue weighted by atomic mass is 16.5. The Kier molecular flexibility index (Phi) is 2.73. The molecule has 0 spiro atoms. The zero-order valence-corrected chi connectivity index (χ0v) is 8.79. The third-order valence-electron chi connectivity index (χ3n) is 2.79. The molecule has 15 heavy (non-hydrogen) atoms. The van der Waals surface area contributed by atoms with Crippen LogP contribution in [0.3, 0.4) is 0 Å². The molecule has 1 aromatic rings. The lowest BCUT2D eigenvalue weighted by Crippen LogP contribution is -2.02. The minimum atomic E-state index is 0.861. The number of allylic oxidation sites excluding steroid dienone is 2. The minimum absolute atomic E-state index is 0.861. The number of nitriles is 1. The van der Waals surface area contributed by atoms with Gasteiger partial charge in [-0.25, -0.2) is 0 Å². The van der Waals surface area contributed by atoms with Gasteiger partial charge < -0.3 is 4.74 Å². The van der Waals surface area contributed by atoms with Crippen LogP contribution in [-0.4, -0.2) is 7.11 Å². The number of ether oxygens (including phenoxy) is 1. The maximum absolute atomic E-state index is 8.71. The average Bonchev–Trinajstić information content (AvgIpc) is 2.29. The van der Waals surface area contributed by atoms with Gasteiger partial charge in [0.25, 0.3) is 0 Å². The fourth-order valence-corrected chi connectivity index (χ4v) is 2.03. The van der Waals surface area contributed by atoms with Gasteiger partial charge in [-0.15, -0.1) is 0 Å². The second-order valence-electron chi connectivity index (χ2n) is 3.68. The zero-order valence-electron chi connectivity index (χ0n) is 8.79. The molecule has 1 aliphatic rings. The van der Waals surface area contributed by atoms with Crippen molar-refractivity contribution >= 4 is 5.57 Å². The highest BCUT2D eigenvalue weighted by Crippen LogP contribution is 2.32. The van der Waals surface area contributed by atoms with Crippen LogP contribution in [0, 0.1) is 11.3 Å². The van der Waals surface area contributed by atoms with E-state index in [1.165, 1.54) is 11.1 Å². The number of methoxy groups -OCH3 is 1. The van der Waals surface area contributed by atoms with E-state index in [1.807, 2.05) is 12.1 Å². The average molecular weight is 199 g/mol. The quantitative estimate of drug-likeness (QED) is 0.651. The number of nitrogens with zero attached hydrogens (tertiary/aromatic N) is 1. The van der Waals surface area contributed by atoms with E-state index in [-0.39, 0.29) is 0 Å². The Morgan fingerprint density at radius 3 is 3.00 bits per heavy atom. The molecule has 0 saturated carbocycles. The zero-order chi connectivity index (χ0) is 10.7. The van der Waals surface area contributed by atoms with Gasteiger partial charge in [0.2, 0.25) is 0 Å². The molecule has 0 aliphatic heterocycles. The van der Waals surface area contributed by atoms with Crippen LogP contribution in [0.2, 0.25) is 0 Å². The largest absolute Gasteiger partial charge is 0.497 e. The van der Waals surface area contributed by atoms with Crippen LogP contribution < -0.4 is 4.74 Å². The number of benzene rings is 1. The van der Waals surface area contributed by atoms with Crippen molar-refractivity contribution in [1.29, 1.82) is 5.26 Å². The number of hydrogen-bond donors (Lipinski definition) is 0. The lowest BCUT2D eigenvalue weighted by atomic mass is 9.87. The second kappa shape index (κ2) is 4.18. The molecular weight excluding hydrogens is 186 g/mol. The summed E-state index contributed by atoms with van der Waals surface area (Å²) in [6.07, 6.45) is 4.88. The molecule has 0 atom stereocenters. The monoisotopic (exact) mass is 199 g/mol. The van der Waals surface area contributed by atoms with Crippen molar-refractivity contribution in [1.82, 2.24) is 0 Å². The van der Waals surface area contributed by atoms with Gasteiger partial charge in [-0.05, 0) is 48.1 Å². The van der Waals surface area contributed by atoms with Crippen molar-refractivity contribution in [2.45, 2.75) is 19.3 Å². The van der Waals surface area contributed by atoms with Gasteiger partial charge in [0.05, 0.1) is 13.2 Å². The predicted octanol–water partition coefficient (Wildman–Crippen LogP) is 2.94. The van der Waals surface area contributed by atoms with Crippen molar-refractivity contribution in [3.63, 3.8) is 0 Å². The summed E-state index contributed by atoms with van der Waals surface area (Å²) in [4.78, 5) is 0. The van der Waals surface area contributed by atoms with Gasteiger partial charge >= 0.3 is 0 Å². The molecule has 0 saturated heterocycles. The van der Waals surface area contributed by atoms with Crippen LogP contribution >= 0.6 is 0 Å². The number of fused-ring (bicyclic) bond motifs is 1. The molecule has 1 aromatic carbocycles. The van der Waals surface area contributed by atoms with Crippen LogP contribution in [0.5, 0.6) is 5.75 Å². The van der Waals surface area contributed by atoms with Crippen LogP contribution in [0.25, 0.3) is 5.57 Å². The summed E-state index contributed by atoms with van der Waals surface area (Å²) in [5, 5.41) is 8.71. The van der Waals surface area contributed by atoms with Gasteiger partial charge in [0.1, 0.15) is 5.75 Å². The lowest BCUT2D eigenvalue weighted by molar-refractivity contribution is 0.414. The maximum atomic E-state index is 8.71. The first-order chi connectivity index (χ1) is 7.35. The molecule has 0 amide bonds.